The van der Waals surface area contributed by atoms with Gasteiger partial charge in [0.1, 0.15) is 0 Å². The third kappa shape index (κ3) is 3.07. The predicted molar refractivity (Wildman–Crippen MR) is 63.7 cm³/mol. The van der Waals surface area contributed by atoms with Gasteiger partial charge in [-0.25, -0.2) is 0 Å². The van der Waals surface area contributed by atoms with Gasteiger partial charge in [-0.1, -0.05) is 37.3 Å². The van der Waals surface area contributed by atoms with E-state index in [0.29, 0.717) is 12.8 Å². The number of hydrogen-bond acceptors (Lipinski definition) is 2. The van der Waals surface area contributed by atoms with Crippen molar-refractivity contribution >= 4 is 5.91 Å². The molecule has 3 heteroatoms. The van der Waals surface area contributed by atoms with Crippen molar-refractivity contribution in [3.05, 3.63) is 35.9 Å². The second-order valence-corrected chi connectivity index (χ2v) is 4.36. The smallest absolute Gasteiger partial charge is 0.223 e. The maximum atomic E-state index is 11.4. The Morgan fingerprint density at radius 3 is 2.44 bits per heavy atom. The molecule has 0 spiro atoms. The van der Waals surface area contributed by atoms with E-state index in [2.05, 4.69) is 0 Å². The van der Waals surface area contributed by atoms with Gasteiger partial charge in [-0.2, -0.15) is 0 Å². The van der Waals surface area contributed by atoms with Crippen LogP contribution in [-0.2, 0) is 11.2 Å². The lowest BCUT2D eigenvalue weighted by molar-refractivity contribution is -0.130. The molecule has 0 radical (unpaired) electrons. The van der Waals surface area contributed by atoms with Crippen molar-refractivity contribution in [3.8, 4) is 0 Å². The second-order valence-electron chi connectivity index (χ2n) is 4.36. The fourth-order valence-corrected chi connectivity index (χ4v) is 1.72. The van der Waals surface area contributed by atoms with Crippen LogP contribution in [0.25, 0.3) is 0 Å². The average molecular weight is 221 g/mol. The largest absolute Gasteiger partial charge is 0.389 e. The molecule has 0 saturated heterocycles. The van der Waals surface area contributed by atoms with Crippen LogP contribution in [0.5, 0.6) is 0 Å². The molecule has 1 aromatic carbocycles. The van der Waals surface area contributed by atoms with Crippen molar-refractivity contribution < 1.29 is 9.90 Å². The lowest BCUT2D eigenvalue weighted by Gasteiger charge is -2.29. The summed E-state index contributed by atoms with van der Waals surface area (Å²) in [6.07, 6.45) is 0.991. The van der Waals surface area contributed by atoms with E-state index in [9.17, 15) is 9.90 Å². The molecular formula is C13H19NO2. The van der Waals surface area contributed by atoms with Gasteiger partial charge in [-0.05, 0) is 25.3 Å². The molecule has 2 atom stereocenters. The fraction of sp³-hybridized carbons (Fsp3) is 0.462. The van der Waals surface area contributed by atoms with Crippen molar-refractivity contribution in [2.75, 3.05) is 0 Å². The summed E-state index contributed by atoms with van der Waals surface area (Å²) < 4.78 is 0. The maximum Gasteiger partial charge on any atom is 0.223 e. The van der Waals surface area contributed by atoms with E-state index in [1.807, 2.05) is 37.3 Å². The highest BCUT2D eigenvalue weighted by molar-refractivity contribution is 5.78. The predicted octanol–water partition coefficient (Wildman–Crippen LogP) is 1.49. The van der Waals surface area contributed by atoms with Gasteiger partial charge in [0.15, 0.2) is 0 Å². The van der Waals surface area contributed by atoms with Crippen LogP contribution < -0.4 is 5.73 Å². The molecule has 3 N–H and O–H groups in total. The first kappa shape index (κ1) is 12.7. The normalized spacial score (nSPS) is 16.4. The molecule has 1 rings (SSSR count). The highest BCUT2D eigenvalue weighted by Crippen LogP contribution is 2.24. The molecule has 0 fully saturated rings. The van der Waals surface area contributed by atoms with Gasteiger partial charge in [0.25, 0.3) is 0 Å². The highest BCUT2D eigenvalue weighted by atomic mass is 16.3. The summed E-state index contributed by atoms with van der Waals surface area (Å²) in [4.78, 5) is 11.4. The lowest BCUT2D eigenvalue weighted by Crippen LogP contribution is -2.43. The fourth-order valence-electron chi connectivity index (χ4n) is 1.72. The van der Waals surface area contributed by atoms with Gasteiger partial charge in [0.05, 0.1) is 11.5 Å². The number of amides is 1. The molecule has 3 nitrogen and oxygen atoms in total. The monoisotopic (exact) mass is 221 g/mol. The van der Waals surface area contributed by atoms with E-state index in [1.165, 1.54) is 0 Å². The zero-order valence-corrected chi connectivity index (χ0v) is 9.81. The van der Waals surface area contributed by atoms with Crippen molar-refractivity contribution in [2.24, 2.45) is 11.7 Å². The zero-order valence-electron chi connectivity index (χ0n) is 9.81. The van der Waals surface area contributed by atoms with Crippen LogP contribution in [0.2, 0.25) is 0 Å². The zero-order chi connectivity index (χ0) is 12.2. The van der Waals surface area contributed by atoms with Gasteiger partial charge < -0.3 is 10.8 Å². The second kappa shape index (κ2) is 5.12. The molecule has 0 heterocycles. The summed E-state index contributed by atoms with van der Waals surface area (Å²) in [5, 5.41) is 10.1. The number of rotatable bonds is 5. The van der Waals surface area contributed by atoms with E-state index in [4.69, 9.17) is 5.73 Å². The van der Waals surface area contributed by atoms with E-state index < -0.39 is 17.4 Å². The Bertz CT molecular complexity index is 346. The van der Waals surface area contributed by atoms with Gasteiger partial charge in [0.2, 0.25) is 5.91 Å². The summed E-state index contributed by atoms with van der Waals surface area (Å²) in [6, 6.07) is 9.60. The molecule has 0 saturated carbocycles. The molecule has 2 unspecified atom stereocenters. The maximum absolute atomic E-state index is 11.4. The Morgan fingerprint density at radius 1 is 1.44 bits per heavy atom. The Hall–Kier alpha value is -1.35. The van der Waals surface area contributed by atoms with E-state index in [0.717, 1.165) is 5.56 Å². The van der Waals surface area contributed by atoms with Crippen LogP contribution in [0, 0.1) is 5.92 Å². The van der Waals surface area contributed by atoms with Gasteiger partial charge in [-0.15, -0.1) is 0 Å². The number of hydrogen-bond donors (Lipinski definition) is 2. The number of primary amides is 1. The number of carbonyl (C=O) groups is 1. The molecule has 16 heavy (non-hydrogen) atoms. The summed E-state index contributed by atoms with van der Waals surface area (Å²) in [7, 11) is 0. The lowest BCUT2D eigenvalue weighted by atomic mass is 9.82. The van der Waals surface area contributed by atoms with Gasteiger partial charge in [0, 0.05) is 0 Å². The van der Waals surface area contributed by atoms with Crippen LogP contribution in [0.4, 0.5) is 0 Å². The quantitative estimate of drug-likeness (QED) is 0.791. The topological polar surface area (TPSA) is 63.3 Å². The Labute approximate surface area is 96.3 Å². The van der Waals surface area contributed by atoms with Crippen molar-refractivity contribution in [2.45, 2.75) is 32.3 Å². The standard InChI is InChI=1S/C13H19NO2/c1-3-13(2,16)11(12(14)15)9-10-7-5-4-6-8-10/h4-8,11,16H,3,9H2,1-2H3,(H2,14,15). The number of aliphatic hydroxyl groups is 1. The summed E-state index contributed by atoms with van der Waals surface area (Å²) in [6.45, 7) is 3.51. The van der Waals surface area contributed by atoms with E-state index >= 15 is 0 Å². The molecule has 0 aliphatic rings. The SMILES string of the molecule is CCC(C)(O)C(Cc1ccccc1)C(N)=O. The first-order valence-electron chi connectivity index (χ1n) is 5.53. The van der Waals surface area contributed by atoms with Crippen LogP contribution in [-0.4, -0.2) is 16.6 Å². The van der Waals surface area contributed by atoms with E-state index in [1.54, 1.807) is 6.92 Å². The molecule has 0 aliphatic carbocycles. The summed E-state index contributed by atoms with van der Waals surface area (Å²) >= 11 is 0. The minimum Gasteiger partial charge on any atom is -0.389 e. The highest BCUT2D eigenvalue weighted by Gasteiger charge is 2.34. The number of nitrogens with two attached hydrogens (primary N) is 1. The Kier molecular flexibility index (Phi) is 4.07. The van der Waals surface area contributed by atoms with Gasteiger partial charge in [-0.3, -0.25) is 4.79 Å². The molecule has 0 bridgehead atoms. The summed E-state index contributed by atoms with van der Waals surface area (Å²) in [5.74, 6) is -0.990. The molecular weight excluding hydrogens is 202 g/mol. The Morgan fingerprint density at radius 2 is 2.00 bits per heavy atom. The van der Waals surface area contributed by atoms with Gasteiger partial charge >= 0.3 is 0 Å². The number of carbonyl (C=O) groups excluding carboxylic acids is 1. The number of benzene rings is 1. The average Bonchev–Trinajstić information content (AvgIpc) is 2.26. The molecule has 1 amide bonds. The first-order chi connectivity index (χ1) is 7.47. The minimum atomic E-state index is -1.04. The molecule has 0 aromatic heterocycles. The Balaban J connectivity index is 2.85. The minimum absolute atomic E-state index is 0.448. The van der Waals surface area contributed by atoms with Crippen LogP contribution in [0.1, 0.15) is 25.8 Å². The molecule has 0 aliphatic heterocycles. The summed E-state index contributed by atoms with van der Waals surface area (Å²) in [5.41, 5.74) is 5.32. The first-order valence-corrected chi connectivity index (χ1v) is 5.53. The third-order valence-corrected chi connectivity index (χ3v) is 3.09. The van der Waals surface area contributed by atoms with Crippen molar-refractivity contribution in [1.29, 1.82) is 0 Å². The van der Waals surface area contributed by atoms with E-state index in [-0.39, 0.29) is 0 Å². The van der Waals surface area contributed by atoms with Crippen molar-refractivity contribution in [3.63, 3.8) is 0 Å². The molecule has 88 valence electrons. The van der Waals surface area contributed by atoms with Crippen LogP contribution in [0.15, 0.2) is 30.3 Å². The van der Waals surface area contributed by atoms with Crippen LogP contribution in [0.3, 0.4) is 0 Å². The van der Waals surface area contributed by atoms with Crippen LogP contribution >= 0.6 is 0 Å². The van der Waals surface area contributed by atoms with Crippen molar-refractivity contribution in [1.82, 2.24) is 0 Å². The third-order valence-electron chi connectivity index (χ3n) is 3.09. The molecule has 1 aromatic rings.